The first-order chi connectivity index (χ1) is 8.69. The van der Waals surface area contributed by atoms with Crippen molar-refractivity contribution >= 4 is 11.8 Å². The van der Waals surface area contributed by atoms with Gasteiger partial charge in [-0.25, -0.2) is 0 Å². The number of ether oxygens (including phenoxy) is 2. The highest BCUT2D eigenvalue weighted by molar-refractivity contribution is 6.05. The van der Waals surface area contributed by atoms with Gasteiger partial charge in [-0.15, -0.1) is 0 Å². The van der Waals surface area contributed by atoms with Crippen LogP contribution in [0.4, 0.5) is 0 Å². The molecule has 1 saturated heterocycles. The van der Waals surface area contributed by atoms with Crippen molar-refractivity contribution in [1.82, 2.24) is 4.90 Å². The second-order valence-electron chi connectivity index (χ2n) is 4.77. The molecule has 5 heteroatoms. The largest absolute Gasteiger partial charge is 0.351 e. The molecule has 2 unspecified atom stereocenters. The minimum Gasteiger partial charge on any atom is -0.351 e. The molecule has 0 aromatic rings. The monoisotopic (exact) mass is 255 g/mol. The number of imide groups is 1. The number of nitrogens with zero attached hydrogens (tertiary/aromatic N) is 1. The molecule has 0 aromatic heterocycles. The third kappa shape index (κ3) is 2.42. The molecule has 0 spiro atoms. The number of carbonyl (C=O) groups is 2. The van der Waals surface area contributed by atoms with Gasteiger partial charge in [0, 0.05) is 13.2 Å². The van der Waals surface area contributed by atoms with Crippen LogP contribution in [0.25, 0.3) is 0 Å². The topological polar surface area (TPSA) is 55.8 Å². The number of hydrogen-bond donors (Lipinski definition) is 0. The first-order valence-electron chi connectivity index (χ1n) is 6.77. The van der Waals surface area contributed by atoms with Crippen LogP contribution in [-0.4, -0.2) is 42.8 Å². The van der Waals surface area contributed by atoms with Crippen LogP contribution in [0.3, 0.4) is 0 Å². The lowest BCUT2D eigenvalue weighted by molar-refractivity contribution is -0.163. The molecule has 1 aliphatic heterocycles. The van der Waals surface area contributed by atoms with E-state index in [1.807, 2.05) is 13.8 Å². The summed E-state index contributed by atoms with van der Waals surface area (Å²) in [6.45, 7) is 4.98. The summed E-state index contributed by atoms with van der Waals surface area (Å²) >= 11 is 0. The fourth-order valence-electron chi connectivity index (χ4n) is 2.91. The van der Waals surface area contributed by atoms with Crippen molar-refractivity contribution < 1.29 is 19.1 Å². The van der Waals surface area contributed by atoms with Gasteiger partial charge >= 0.3 is 0 Å². The predicted octanol–water partition coefficient (Wildman–Crippen LogP) is 1.17. The molecule has 1 saturated carbocycles. The highest BCUT2D eigenvalue weighted by atomic mass is 16.7. The average Bonchev–Trinajstić information content (AvgIpc) is 2.90. The molecule has 18 heavy (non-hydrogen) atoms. The molecular weight excluding hydrogens is 234 g/mol. The molecule has 0 radical (unpaired) electrons. The Labute approximate surface area is 107 Å². The van der Waals surface area contributed by atoms with Crippen LogP contribution >= 0.6 is 0 Å². The summed E-state index contributed by atoms with van der Waals surface area (Å²) in [6, 6.07) is 0. The van der Waals surface area contributed by atoms with Gasteiger partial charge in [0.25, 0.3) is 0 Å². The van der Waals surface area contributed by atoms with Crippen LogP contribution in [0.15, 0.2) is 0 Å². The summed E-state index contributed by atoms with van der Waals surface area (Å²) < 4.78 is 10.8. The van der Waals surface area contributed by atoms with Gasteiger partial charge in [0.05, 0.1) is 18.4 Å². The zero-order valence-corrected chi connectivity index (χ0v) is 11.1. The highest BCUT2D eigenvalue weighted by Crippen LogP contribution is 2.39. The van der Waals surface area contributed by atoms with Gasteiger partial charge in [-0.2, -0.15) is 0 Å². The third-order valence-electron chi connectivity index (χ3n) is 3.72. The fourth-order valence-corrected chi connectivity index (χ4v) is 2.91. The maximum absolute atomic E-state index is 12.1. The molecule has 1 aliphatic carbocycles. The Morgan fingerprint density at radius 3 is 2.06 bits per heavy atom. The average molecular weight is 255 g/mol. The summed E-state index contributed by atoms with van der Waals surface area (Å²) in [5.74, 6) is -0.235. The van der Waals surface area contributed by atoms with E-state index in [9.17, 15) is 9.59 Å². The van der Waals surface area contributed by atoms with E-state index in [1.54, 1.807) is 0 Å². The van der Waals surface area contributed by atoms with Crippen LogP contribution in [-0.2, 0) is 19.1 Å². The smallest absolute Gasteiger partial charge is 0.233 e. The van der Waals surface area contributed by atoms with Gasteiger partial charge in [-0.1, -0.05) is 6.42 Å². The first-order valence-corrected chi connectivity index (χ1v) is 6.77. The van der Waals surface area contributed by atoms with E-state index in [-0.39, 0.29) is 30.2 Å². The molecule has 102 valence electrons. The number of hydrogen-bond acceptors (Lipinski definition) is 4. The van der Waals surface area contributed by atoms with E-state index < -0.39 is 6.29 Å². The molecule has 1 heterocycles. The molecule has 0 bridgehead atoms. The molecule has 2 fully saturated rings. The Hall–Kier alpha value is -0.940. The molecule has 2 rings (SSSR count). The molecule has 5 nitrogen and oxygen atoms in total. The minimum absolute atomic E-state index is 0.0353. The van der Waals surface area contributed by atoms with Gasteiger partial charge in [-0.3, -0.25) is 14.5 Å². The lowest BCUT2D eigenvalue weighted by Crippen LogP contribution is -2.40. The van der Waals surface area contributed by atoms with E-state index in [0.717, 1.165) is 19.3 Å². The number of likely N-dealkylation sites (tertiary alicyclic amines) is 1. The number of carbonyl (C=O) groups excluding carboxylic acids is 2. The third-order valence-corrected chi connectivity index (χ3v) is 3.72. The summed E-state index contributed by atoms with van der Waals surface area (Å²) in [5.41, 5.74) is 0. The number of rotatable bonds is 6. The Bertz CT molecular complexity index is 303. The fraction of sp³-hybridized carbons (Fsp3) is 0.846. The Balaban J connectivity index is 2.00. The Morgan fingerprint density at radius 1 is 1.11 bits per heavy atom. The normalized spacial score (nSPS) is 27.4. The van der Waals surface area contributed by atoms with Crippen molar-refractivity contribution in [3.05, 3.63) is 0 Å². The Kier molecular flexibility index (Phi) is 4.35. The van der Waals surface area contributed by atoms with Crippen molar-refractivity contribution in [3.63, 3.8) is 0 Å². The van der Waals surface area contributed by atoms with Crippen LogP contribution in [0.5, 0.6) is 0 Å². The number of amides is 2. The molecule has 2 amide bonds. The molecule has 2 aliphatic rings. The van der Waals surface area contributed by atoms with Crippen LogP contribution in [0, 0.1) is 11.8 Å². The van der Waals surface area contributed by atoms with E-state index in [0.29, 0.717) is 13.2 Å². The van der Waals surface area contributed by atoms with Gasteiger partial charge in [0.2, 0.25) is 11.8 Å². The SMILES string of the molecule is CCOC(CN1C(=O)C2CCCC2C1=O)OCC. The van der Waals surface area contributed by atoms with Gasteiger partial charge in [-0.05, 0) is 26.7 Å². The second-order valence-corrected chi connectivity index (χ2v) is 4.77. The molecule has 2 atom stereocenters. The van der Waals surface area contributed by atoms with Crippen LogP contribution < -0.4 is 0 Å². The van der Waals surface area contributed by atoms with Gasteiger partial charge < -0.3 is 9.47 Å². The molecule has 0 N–H and O–H groups in total. The highest BCUT2D eigenvalue weighted by Gasteiger charge is 2.50. The van der Waals surface area contributed by atoms with E-state index in [4.69, 9.17) is 9.47 Å². The van der Waals surface area contributed by atoms with E-state index in [1.165, 1.54) is 4.90 Å². The quantitative estimate of drug-likeness (QED) is 0.528. The van der Waals surface area contributed by atoms with Crippen molar-refractivity contribution in [1.29, 1.82) is 0 Å². The summed E-state index contributed by atoms with van der Waals surface area (Å²) in [7, 11) is 0. The summed E-state index contributed by atoms with van der Waals surface area (Å²) in [6.07, 6.45) is 2.19. The summed E-state index contributed by atoms with van der Waals surface area (Å²) in [5, 5.41) is 0. The zero-order chi connectivity index (χ0) is 13.1. The standard InChI is InChI=1S/C13H21NO4/c1-3-17-11(18-4-2)8-14-12(15)9-6-5-7-10(9)13(14)16/h9-11H,3-8H2,1-2H3. The minimum atomic E-state index is -0.494. The number of fused-ring (bicyclic) bond motifs is 1. The first kappa shape index (κ1) is 13.5. The van der Waals surface area contributed by atoms with Crippen LogP contribution in [0.1, 0.15) is 33.1 Å². The Morgan fingerprint density at radius 2 is 1.61 bits per heavy atom. The van der Waals surface area contributed by atoms with Crippen LogP contribution in [0.2, 0.25) is 0 Å². The summed E-state index contributed by atoms with van der Waals surface area (Å²) in [4.78, 5) is 25.6. The maximum atomic E-state index is 12.1. The lowest BCUT2D eigenvalue weighted by atomic mass is 10.00. The molecule has 0 aromatic carbocycles. The van der Waals surface area contributed by atoms with Gasteiger partial charge in [0.1, 0.15) is 0 Å². The van der Waals surface area contributed by atoms with Crippen molar-refractivity contribution in [2.45, 2.75) is 39.4 Å². The van der Waals surface area contributed by atoms with E-state index >= 15 is 0 Å². The lowest BCUT2D eigenvalue weighted by Gasteiger charge is -2.23. The zero-order valence-electron chi connectivity index (χ0n) is 11.1. The maximum Gasteiger partial charge on any atom is 0.233 e. The van der Waals surface area contributed by atoms with Crippen molar-refractivity contribution in [3.8, 4) is 0 Å². The van der Waals surface area contributed by atoms with Crippen molar-refractivity contribution in [2.24, 2.45) is 11.8 Å². The second kappa shape index (κ2) is 5.80. The van der Waals surface area contributed by atoms with Crippen molar-refractivity contribution in [2.75, 3.05) is 19.8 Å². The molecular formula is C13H21NO4. The van der Waals surface area contributed by atoms with E-state index in [2.05, 4.69) is 0 Å². The predicted molar refractivity (Wildman–Crippen MR) is 64.6 cm³/mol. The van der Waals surface area contributed by atoms with Gasteiger partial charge in [0.15, 0.2) is 6.29 Å².